The van der Waals surface area contributed by atoms with Crippen LogP contribution in [0.15, 0.2) is 48.5 Å². The summed E-state index contributed by atoms with van der Waals surface area (Å²) in [6.45, 7) is 2.05. The molecule has 142 valence electrons. The number of benzene rings is 2. The highest BCUT2D eigenvalue weighted by molar-refractivity contribution is 5.92. The zero-order valence-electron chi connectivity index (χ0n) is 15.6. The molecule has 27 heavy (non-hydrogen) atoms. The molecule has 0 atom stereocenters. The minimum atomic E-state index is 0.0104. The Bertz CT molecular complexity index is 824. The van der Waals surface area contributed by atoms with Crippen LogP contribution < -0.4 is 10.5 Å². The predicted molar refractivity (Wildman–Crippen MR) is 107 cm³/mol. The molecule has 0 aromatic heterocycles. The van der Waals surface area contributed by atoms with E-state index in [1.165, 1.54) is 12.7 Å². The molecule has 0 bridgehead atoms. The topological polar surface area (TPSA) is 75.8 Å². The smallest absolute Gasteiger partial charge is 0.246 e. The lowest BCUT2D eigenvalue weighted by Crippen LogP contribution is -2.36. The molecule has 1 fully saturated rings. The van der Waals surface area contributed by atoms with Crippen molar-refractivity contribution in [1.82, 2.24) is 4.90 Å². The predicted octanol–water partition coefficient (Wildman–Crippen LogP) is 3.28. The third-order valence-corrected chi connectivity index (χ3v) is 5.09. The number of nitrogens with two attached hydrogens (primary N) is 1. The number of piperidine rings is 1. The number of ether oxygens (including phenoxy) is 1. The molecule has 1 aliphatic heterocycles. The van der Waals surface area contributed by atoms with Crippen molar-refractivity contribution >= 4 is 12.0 Å². The number of phenols is 1. The molecule has 1 saturated heterocycles. The fourth-order valence-corrected chi connectivity index (χ4v) is 3.48. The fourth-order valence-electron chi connectivity index (χ4n) is 3.48. The number of hydrogen-bond donors (Lipinski definition) is 2. The third kappa shape index (κ3) is 4.68. The number of aromatic hydroxyl groups is 1. The van der Waals surface area contributed by atoms with E-state index >= 15 is 0 Å². The van der Waals surface area contributed by atoms with Gasteiger partial charge >= 0.3 is 0 Å². The summed E-state index contributed by atoms with van der Waals surface area (Å²) in [5, 5.41) is 9.64. The summed E-state index contributed by atoms with van der Waals surface area (Å²) < 4.78 is 5.09. The van der Waals surface area contributed by atoms with Crippen LogP contribution in [0.1, 0.15) is 35.4 Å². The van der Waals surface area contributed by atoms with Crippen LogP contribution in [0.4, 0.5) is 0 Å². The summed E-state index contributed by atoms with van der Waals surface area (Å²) in [5.74, 6) is 0.967. The van der Waals surface area contributed by atoms with Crippen LogP contribution in [0.5, 0.6) is 11.5 Å². The van der Waals surface area contributed by atoms with Gasteiger partial charge in [0.25, 0.3) is 0 Å². The highest BCUT2D eigenvalue weighted by Crippen LogP contribution is 2.29. The molecule has 0 unspecified atom stereocenters. The molecular formula is C22H26N2O3. The summed E-state index contributed by atoms with van der Waals surface area (Å²) >= 11 is 0. The van der Waals surface area contributed by atoms with Crippen LogP contribution in [0, 0.1) is 0 Å². The Morgan fingerprint density at radius 3 is 2.74 bits per heavy atom. The van der Waals surface area contributed by atoms with E-state index in [1.807, 2.05) is 11.0 Å². The van der Waals surface area contributed by atoms with Crippen molar-refractivity contribution in [2.75, 3.05) is 20.2 Å². The fraction of sp³-hybridized carbons (Fsp3) is 0.318. The number of amides is 1. The first kappa shape index (κ1) is 19.0. The van der Waals surface area contributed by atoms with Crippen LogP contribution >= 0.6 is 0 Å². The maximum Gasteiger partial charge on any atom is 0.246 e. The zero-order chi connectivity index (χ0) is 19.2. The molecule has 2 aromatic carbocycles. The zero-order valence-corrected chi connectivity index (χ0v) is 15.6. The van der Waals surface area contributed by atoms with E-state index in [9.17, 15) is 9.90 Å². The number of methoxy groups -OCH3 is 1. The Kier molecular flexibility index (Phi) is 6.14. The Morgan fingerprint density at radius 2 is 2.04 bits per heavy atom. The van der Waals surface area contributed by atoms with Gasteiger partial charge in [-0.3, -0.25) is 4.79 Å². The highest BCUT2D eigenvalue weighted by Gasteiger charge is 2.22. The van der Waals surface area contributed by atoms with E-state index in [-0.39, 0.29) is 11.7 Å². The van der Waals surface area contributed by atoms with Crippen LogP contribution in [0.25, 0.3) is 6.08 Å². The monoisotopic (exact) mass is 366 g/mol. The normalized spacial score (nSPS) is 15.3. The van der Waals surface area contributed by atoms with Gasteiger partial charge in [0.2, 0.25) is 5.91 Å². The van der Waals surface area contributed by atoms with Gasteiger partial charge in [-0.25, -0.2) is 0 Å². The molecule has 1 amide bonds. The third-order valence-electron chi connectivity index (χ3n) is 5.09. The van der Waals surface area contributed by atoms with Crippen molar-refractivity contribution in [2.45, 2.75) is 25.3 Å². The average molecular weight is 366 g/mol. The number of likely N-dealkylation sites (tertiary alicyclic amines) is 1. The van der Waals surface area contributed by atoms with Crippen molar-refractivity contribution in [1.29, 1.82) is 0 Å². The van der Waals surface area contributed by atoms with E-state index in [2.05, 4.69) is 18.2 Å². The van der Waals surface area contributed by atoms with Crippen LogP contribution in [0.2, 0.25) is 0 Å². The molecule has 1 heterocycles. The van der Waals surface area contributed by atoms with E-state index in [1.54, 1.807) is 30.4 Å². The lowest BCUT2D eigenvalue weighted by molar-refractivity contribution is -0.126. The van der Waals surface area contributed by atoms with Crippen molar-refractivity contribution in [3.05, 3.63) is 65.2 Å². The molecule has 5 heteroatoms. The van der Waals surface area contributed by atoms with Crippen molar-refractivity contribution < 1.29 is 14.6 Å². The van der Waals surface area contributed by atoms with E-state index < -0.39 is 0 Å². The van der Waals surface area contributed by atoms with Gasteiger partial charge in [0.05, 0.1) is 7.11 Å². The Morgan fingerprint density at radius 1 is 1.26 bits per heavy atom. The molecule has 0 radical (unpaired) electrons. The van der Waals surface area contributed by atoms with Gasteiger partial charge in [0.1, 0.15) is 0 Å². The van der Waals surface area contributed by atoms with Gasteiger partial charge in [-0.1, -0.05) is 30.3 Å². The van der Waals surface area contributed by atoms with Gasteiger partial charge in [-0.2, -0.15) is 0 Å². The summed E-state index contributed by atoms with van der Waals surface area (Å²) in [5.41, 5.74) is 9.01. The summed E-state index contributed by atoms with van der Waals surface area (Å²) in [4.78, 5) is 14.4. The van der Waals surface area contributed by atoms with Crippen molar-refractivity contribution in [3.63, 3.8) is 0 Å². The molecule has 1 aliphatic rings. The van der Waals surface area contributed by atoms with Gasteiger partial charge < -0.3 is 20.5 Å². The van der Waals surface area contributed by atoms with Crippen LogP contribution in [-0.4, -0.2) is 36.1 Å². The first-order valence-electron chi connectivity index (χ1n) is 9.23. The average Bonchev–Trinajstić information content (AvgIpc) is 2.73. The summed E-state index contributed by atoms with van der Waals surface area (Å²) in [6.07, 6.45) is 5.25. The maximum atomic E-state index is 12.5. The second kappa shape index (κ2) is 8.73. The SMILES string of the molecule is COc1cc(/C=C/C(=O)N2CCC(c3cccc(CN)c3)CC2)ccc1O. The highest BCUT2D eigenvalue weighted by atomic mass is 16.5. The lowest BCUT2D eigenvalue weighted by Gasteiger charge is -2.31. The molecule has 5 nitrogen and oxygen atoms in total. The first-order valence-corrected chi connectivity index (χ1v) is 9.23. The first-order chi connectivity index (χ1) is 13.1. The molecule has 0 saturated carbocycles. The number of rotatable bonds is 5. The van der Waals surface area contributed by atoms with Gasteiger partial charge in [-0.15, -0.1) is 0 Å². The Hall–Kier alpha value is -2.79. The number of nitrogens with zero attached hydrogens (tertiary/aromatic N) is 1. The number of carbonyl (C=O) groups is 1. The second-order valence-electron chi connectivity index (χ2n) is 6.81. The minimum absolute atomic E-state index is 0.0104. The summed E-state index contributed by atoms with van der Waals surface area (Å²) in [7, 11) is 1.50. The maximum absolute atomic E-state index is 12.5. The second-order valence-corrected chi connectivity index (χ2v) is 6.81. The number of carbonyl (C=O) groups excluding carboxylic acids is 1. The molecule has 3 rings (SSSR count). The number of hydrogen-bond acceptors (Lipinski definition) is 4. The van der Waals surface area contributed by atoms with E-state index in [0.717, 1.165) is 37.1 Å². The van der Waals surface area contributed by atoms with Gasteiger partial charge in [-0.05, 0) is 53.7 Å². The Labute approximate surface area is 160 Å². The summed E-state index contributed by atoms with van der Waals surface area (Å²) in [6, 6.07) is 13.5. The Balaban J connectivity index is 1.58. The minimum Gasteiger partial charge on any atom is -0.504 e. The molecule has 0 aliphatic carbocycles. The molecule has 2 aromatic rings. The molecule has 0 spiro atoms. The van der Waals surface area contributed by atoms with Crippen LogP contribution in [-0.2, 0) is 11.3 Å². The van der Waals surface area contributed by atoms with Crippen molar-refractivity contribution in [2.24, 2.45) is 5.73 Å². The van der Waals surface area contributed by atoms with Crippen LogP contribution in [0.3, 0.4) is 0 Å². The molecule has 3 N–H and O–H groups in total. The molecular weight excluding hydrogens is 340 g/mol. The quantitative estimate of drug-likeness (QED) is 0.796. The van der Waals surface area contributed by atoms with Gasteiger partial charge in [0.15, 0.2) is 11.5 Å². The lowest BCUT2D eigenvalue weighted by atomic mass is 9.88. The van der Waals surface area contributed by atoms with E-state index in [0.29, 0.717) is 18.2 Å². The standard InChI is InChI=1S/C22H26N2O3/c1-27-21-14-16(5-7-20(21)25)6-8-22(26)24-11-9-18(10-12-24)19-4-2-3-17(13-19)15-23/h2-8,13-14,18,25H,9-12,15,23H2,1H3/b8-6+. The van der Waals surface area contributed by atoms with Crippen molar-refractivity contribution in [3.8, 4) is 11.5 Å². The number of phenolic OH excluding ortho intramolecular Hbond substituents is 1. The largest absolute Gasteiger partial charge is 0.504 e. The van der Waals surface area contributed by atoms with E-state index in [4.69, 9.17) is 10.5 Å². The van der Waals surface area contributed by atoms with Gasteiger partial charge in [0, 0.05) is 25.7 Å².